The largest absolute Gasteiger partial charge is 0.325 e. The van der Waals surface area contributed by atoms with Crippen LogP contribution in [0.15, 0.2) is 47.4 Å². The molecule has 4 nitrogen and oxygen atoms in total. The Hall–Kier alpha value is -2.27. The van der Waals surface area contributed by atoms with Crippen molar-refractivity contribution in [3.63, 3.8) is 0 Å². The van der Waals surface area contributed by atoms with Crippen molar-refractivity contribution in [3.05, 3.63) is 53.6 Å². The predicted molar refractivity (Wildman–Crippen MR) is 103 cm³/mol. The van der Waals surface area contributed by atoms with Crippen molar-refractivity contribution in [2.45, 2.75) is 37.3 Å². The molecule has 0 radical (unpaired) electrons. The summed E-state index contributed by atoms with van der Waals surface area (Å²) in [5.74, 6) is -0.201. The molecule has 0 spiro atoms. The number of nitrogens with zero attached hydrogens (tertiary/aromatic N) is 1. The first-order chi connectivity index (χ1) is 11.9. The van der Waals surface area contributed by atoms with Crippen LogP contribution in [0.4, 0.5) is 11.4 Å². The van der Waals surface area contributed by atoms with Gasteiger partial charge in [0.05, 0.1) is 5.69 Å². The number of carbonyl (C=O) groups is 2. The lowest BCUT2D eigenvalue weighted by atomic mass is 10.1. The lowest BCUT2D eigenvalue weighted by Crippen LogP contribution is -2.38. The highest BCUT2D eigenvalue weighted by atomic mass is 32.2. The second-order valence-electron chi connectivity index (χ2n) is 6.50. The van der Waals surface area contributed by atoms with Crippen molar-refractivity contribution in [1.82, 2.24) is 0 Å². The van der Waals surface area contributed by atoms with E-state index in [2.05, 4.69) is 11.4 Å². The van der Waals surface area contributed by atoms with Crippen LogP contribution >= 0.6 is 11.8 Å². The molecule has 0 unspecified atom stereocenters. The SMILES string of the molecule is Cc1cc(C)cc(NC(=O)CN2C(=O)C[C@H](C)Sc3ccccc32)c1. The molecule has 1 atom stereocenters. The number of aryl methyl sites for hydroxylation is 2. The van der Waals surface area contributed by atoms with Gasteiger partial charge in [0.1, 0.15) is 6.54 Å². The van der Waals surface area contributed by atoms with E-state index in [-0.39, 0.29) is 23.6 Å². The fourth-order valence-corrected chi connectivity index (χ4v) is 4.21. The summed E-state index contributed by atoms with van der Waals surface area (Å²) in [5.41, 5.74) is 3.77. The number of benzene rings is 2. The Morgan fingerprint density at radius 1 is 1.20 bits per heavy atom. The maximum Gasteiger partial charge on any atom is 0.244 e. The minimum Gasteiger partial charge on any atom is -0.325 e. The van der Waals surface area contributed by atoms with Gasteiger partial charge in [-0.1, -0.05) is 25.1 Å². The molecule has 2 aromatic rings. The Morgan fingerprint density at radius 2 is 1.88 bits per heavy atom. The van der Waals surface area contributed by atoms with Crippen molar-refractivity contribution >= 4 is 35.0 Å². The molecule has 0 fully saturated rings. The molecule has 0 bridgehead atoms. The topological polar surface area (TPSA) is 49.4 Å². The average Bonchev–Trinajstić information content (AvgIpc) is 2.62. The Bertz CT molecular complexity index is 799. The van der Waals surface area contributed by atoms with Crippen LogP contribution in [0.2, 0.25) is 0 Å². The van der Waals surface area contributed by atoms with Gasteiger partial charge in [-0.05, 0) is 49.2 Å². The van der Waals surface area contributed by atoms with Crippen LogP contribution in [0, 0.1) is 13.8 Å². The summed E-state index contributed by atoms with van der Waals surface area (Å²) >= 11 is 1.68. The summed E-state index contributed by atoms with van der Waals surface area (Å²) in [7, 11) is 0. The molecular weight excluding hydrogens is 332 g/mol. The highest BCUT2D eigenvalue weighted by Crippen LogP contribution is 2.37. The number of carbonyl (C=O) groups excluding carboxylic acids is 2. The molecule has 25 heavy (non-hydrogen) atoms. The number of nitrogens with one attached hydrogen (secondary N) is 1. The molecule has 0 saturated heterocycles. The zero-order chi connectivity index (χ0) is 18.0. The van der Waals surface area contributed by atoms with E-state index in [4.69, 9.17) is 0 Å². The number of para-hydroxylation sites is 1. The molecule has 1 aliphatic heterocycles. The number of fused-ring (bicyclic) bond motifs is 1. The quantitative estimate of drug-likeness (QED) is 0.900. The van der Waals surface area contributed by atoms with Crippen LogP contribution in [0.5, 0.6) is 0 Å². The second-order valence-corrected chi connectivity index (χ2v) is 7.99. The molecule has 1 aliphatic rings. The Labute approximate surface area is 152 Å². The van der Waals surface area contributed by atoms with Gasteiger partial charge in [-0.2, -0.15) is 0 Å². The molecular formula is C20H22N2O2S. The minimum atomic E-state index is -0.187. The van der Waals surface area contributed by atoms with E-state index < -0.39 is 0 Å². The van der Waals surface area contributed by atoms with Crippen LogP contribution in [0.1, 0.15) is 24.5 Å². The van der Waals surface area contributed by atoms with Crippen molar-refractivity contribution in [2.24, 2.45) is 0 Å². The third-order valence-electron chi connectivity index (χ3n) is 4.05. The zero-order valence-corrected chi connectivity index (χ0v) is 15.5. The van der Waals surface area contributed by atoms with E-state index in [1.165, 1.54) is 0 Å². The Kier molecular flexibility index (Phi) is 5.13. The molecule has 0 saturated carbocycles. The maximum atomic E-state index is 12.6. The number of thioether (sulfide) groups is 1. The summed E-state index contributed by atoms with van der Waals surface area (Å²) in [4.78, 5) is 27.8. The van der Waals surface area contributed by atoms with Crippen LogP contribution in [-0.4, -0.2) is 23.6 Å². The minimum absolute atomic E-state index is 0.0134. The fourth-order valence-electron chi connectivity index (χ4n) is 3.09. The van der Waals surface area contributed by atoms with Crippen LogP contribution in [0.3, 0.4) is 0 Å². The van der Waals surface area contributed by atoms with Crippen molar-refractivity contribution in [1.29, 1.82) is 0 Å². The molecule has 5 heteroatoms. The first kappa shape index (κ1) is 17.5. The lowest BCUT2D eigenvalue weighted by Gasteiger charge is -2.22. The standard InChI is InChI=1S/C20H22N2O2S/c1-13-8-14(2)10-16(9-13)21-19(23)12-22-17-6-4-5-7-18(17)25-15(3)11-20(22)24/h4-10,15H,11-12H2,1-3H3,(H,21,23)/t15-/m0/s1. The molecule has 3 rings (SSSR count). The maximum absolute atomic E-state index is 12.6. The van der Waals surface area contributed by atoms with Crippen LogP contribution in [-0.2, 0) is 9.59 Å². The number of hydrogen-bond donors (Lipinski definition) is 1. The summed E-state index contributed by atoms with van der Waals surface area (Å²) in [6, 6.07) is 13.7. The Balaban J connectivity index is 1.81. The zero-order valence-electron chi connectivity index (χ0n) is 14.7. The molecule has 130 valence electrons. The second kappa shape index (κ2) is 7.31. The van der Waals surface area contributed by atoms with Crippen molar-refractivity contribution < 1.29 is 9.59 Å². The van der Waals surface area contributed by atoms with Gasteiger partial charge in [0.2, 0.25) is 11.8 Å². The van der Waals surface area contributed by atoms with Gasteiger partial charge >= 0.3 is 0 Å². The van der Waals surface area contributed by atoms with Gasteiger partial charge in [0.15, 0.2) is 0 Å². The number of hydrogen-bond acceptors (Lipinski definition) is 3. The summed E-state index contributed by atoms with van der Waals surface area (Å²) < 4.78 is 0. The molecule has 2 amide bonds. The first-order valence-electron chi connectivity index (χ1n) is 8.36. The highest BCUT2D eigenvalue weighted by Gasteiger charge is 2.27. The average molecular weight is 354 g/mol. The molecule has 0 aliphatic carbocycles. The van der Waals surface area contributed by atoms with E-state index in [1.54, 1.807) is 16.7 Å². The van der Waals surface area contributed by atoms with E-state index in [0.717, 1.165) is 27.4 Å². The highest BCUT2D eigenvalue weighted by molar-refractivity contribution is 8.00. The van der Waals surface area contributed by atoms with Gasteiger partial charge in [-0.3, -0.25) is 9.59 Å². The van der Waals surface area contributed by atoms with Crippen LogP contribution in [0.25, 0.3) is 0 Å². The van der Waals surface area contributed by atoms with E-state index in [1.807, 2.05) is 57.2 Å². The lowest BCUT2D eigenvalue weighted by molar-refractivity contribution is -0.121. The van der Waals surface area contributed by atoms with Crippen molar-refractivity contribution in [3.8, 4) is 0 Å². The molecule has 2 aromatic carbocycles. The van der Waals surface area contributed by atoms with Crippen molar-refractivity contribution in [2.75, 3.05) is 16.8 Å². The Morgan fingerprint density at radius 3 is 2.60 bits per heavy atom. The number of amides is 2. The number of rotatable bonds is 3. The van der Waals surface area contributed by atoms with Gasteiger partial charge in [-0.25, -0.2) is 0 Å². The van der Waals surface area contributed by atoms with E-state index >= 15 is 0 Å². The first-order valence-corrected chi connectivity index (χ1v) is 9.24. The fraction of sp³-hybridized carbons (Fsp3) is 0.300. The van der Waals surface area contributed by atoms with E-state index in [0.29, 0.717) is 6.42 Å². The predicted octanol–water partition coefficient (Wildman–Crippen LogP) is 4.16. The van der Waals surface area contributed by atoms with Gasteiger partial charge < -0.3 is 10.2 Å². The van der Waals surface area contributed by atoms with Gasteiger partial charge in [-0.15, -0.1) is 11.8 Å². The third kappa shape index (κ3) is 4.23. The van der Waals surface area contributed by atoms with Gasteiger partial charge in [0, 0.05) is 22.3 Å². The van der Waals surface area contributed by atoms with E-state index in [9.17, 15) is 9.59 Å². The summed E-state index contributed by atoms with van der Waals surface area (Å²) in [6.07, 6.45) is 0.427. The molecule has 1 heterocycles. The smallest absolute Gasteiger partial charge is 0.244 e. The normalized spacial score (nSPS) is 17.0. The molecule has 1 N–H and O–H groups in total. The van der Waals surface area contributed by atoms with Gasteiger partial charge in [0.25, 0.3) is 0 Å². The summed E-state index contributed by atoms with van der Waals surface area (Å²) in [5, 5.41) is 3.11. The van der Waals surface area contributed by atoms with Crippen LogP contribution < -0.4 is 10.2 Å². The third-order valence-corrected chi connectivity index (χ3v) is 5.22. The number of anilines is 2. The monoisotopic (exact) mass is 354 g/mol. The molecule has 0 aromatic heterocycles. The summed E-state index contributed by atoms with van der Waals surface area (Å²) in [6.45, 7) is 6.06.